The Balaban J connectivity index is 1.73. The lowest BCUT2D eigenvalue weighted by Crippen LogP contribution is -2.45. The third-order valence-corrected chi connectivity index (χ3v) is 7.54. The lowest BCUT2D eigenvalue weighted by atomic mass is 9.83. The molecule has 0 radical (unpaired) electrons. The van der Waals surface area contributed by atoms with E-state index in [2.05, 4.69) is 21.0 Å². The third-order valence-electron chi connectivity index (χ3n) is 5.29. The number of hydrogen-bond acceptors (Lipinski definition) is 4. The van der Waals surface area contributed by atoms with Crippen LogP contribution >= 0.6 is 0 Å². The van der Waals surface area contributed by atoms with Gasteiger partial charge in [0.25, 0.3) is 0 Å². The first-order valence-electron chi connectivity index (χ1n) is 9.38. The fraction of sp³-hybridized carbons (Fsp3) is 0.500. The quantitative estimate of drug-likeness (QED) is 0.809. The number of aromatic amines is 1. The van der Waals surface area contributed by atoms with Crippen LogP contribution in [0.5, 0.6) is 0 Å². The molecule has 28 heavy (non-hydrogen) atoms. The fourth-order valence-electron chi connectivity index (χ4n) is 3.48. The van der Waals surface area contributed by atoms with Gasteiger partial charge < -0.3 is 0 Å². The molecule has 0 unspecified atom stereocenters. The summed E-state index contributed by atoms with van der Waals surface area (Å²) in [6.45, 7) is 5.05. The molecule has 1 aliphatic rings. The second-order valence-corrected chi connectivity index (χ2v) is 10.7. The average molecular weight is 405 g/mol. The number of rotatable bonds is 4. The van der Waals surface area contributed by atoms with Crippen molar-refractivity contribution in [3.05, 3.63) is 41.3 Å². The maximum absolute atomic E-state index is 13.2. The van der Waals surface area contributed by atoms with Gasteiger partial charge in [-0.05, 0) is 70.7 Å². The molecular formula is C20H25FN4O2S. The molecule has 1 aromatic heterocycles. The normalized spacial score (nSPS) is 20.7. The zero-order chi connectivity index (χ0) is 20.5. The van der Waals surface area contributed by atoms with E-state index in [1.54, 1.807) is 32.9 Å². The van der Waals surface area contributed by atoms with E-state index >= 15 is 0 Å². The Morgan fingerprint density at radius 1 is 1.18 bits per heavy atom. The summed E-state index contributed by atoms with van der Waals surface area (Å²) in [5, 5.41) is 16.9. The zero-order valence-electron chi connectivity index (χ0n) is 16.3. The molecule has 0 atom stereocenters. The number of benzene rings is 1. The number of sulfonamides is 1. The van der Waals surface area contributed by atoms with Crippen LogP contribution in [-0.2, 0) is 10.0 Å². The van der Waals surface area contributed by atoms with Crippen molar-refractivity contribution in [2.75, 3.05) is 0 Å². The summed E-state index contributed by atoms with van der Waals surface area (Å²) in [5.41, 5.74) is 2.46. The molecule has 1 fully saturated rings. The predicted molar refractivity (Wildman–Crippen MR) is 106 cm³/mol. The van der Waals surface area contributed by atoms with Crippen LogP contribution in [0.2, 0.25) is 0 Å². The van der Waals surface area contributed by atoms with E-state index in [4.69, 9.17) is 0 Å². The minimum Gasteiger partial charge on any atom is -0.280 e. The second-order valence-electron chi connectivity index (χ2n) is 8.26. The first-order valence-corrected chi connectivity index (χ1v) is 10.9. The number of nitriles is 1. The summed E-state index contributed by atoms with van der Waals surface area (Å²) in [5.74, 6) is -0.221. The van der Waals surface area contributed by atoms with Crippen LogP contribution < -0.4 is 4.72 Å². The van der Waals surface area contributed by atoms with Gasteiger partial charge >= 0.3 is 0 Å². The highest BCUT2D eigenvalue weighted by Crippen LogP contribution is 2.36. The Hall–Kier alpha value is -2.24. The van der Waals surface area contributed by atoms with Crippen LogP contribution in [0, 0.1) is 17.1 Å². The number of aromatic nitrogens is 2. The Labute approximate surface area is 165 Å². The van der Waals surface area contributed by atoms with Gasteiger partial charge in [0.1, 0.15) is 23.1 Å². The van der Waals surface area contributed by atoms with Gasteiger partial charge in [0.05, 0.1) is 10.4 Å². The predicted octanol–water partition coefficient (Wildman–Crippen LogP) is 3.83. The Kier molecular flexibility index (Phi) is 5.60. The second kappa shape index (κ2) is 7.64. The highest BCUT2D eigenvalue weighted by Gasteiger charge is 2.34. The minimum absolute atomic E-state index is 0.0921. The molecule has 3 rings (SSSR count). The molecule has 2 aromatic rings. The molecule has 150 valence electrons. The molecule has 6 nitrogen and oxygen atoms in total. The molecule has 0 aliphatic heterocycles. The topological polar surface area (TPSA) is 98.6 Å². The van der Waals surface area contributed by atoms with E-state index < -0.39 is 14.8 Å². The van der Waals surface area contributed by atoms with Crippen molar-refractivity contribution < 1.29 is 12.8 Å². The summed E-state index contributed by atoms with van der Waals surface area (Å²) in [4.78, 5) is 0. The largest absolute Gasteiger partial charge is 0.280 e. The number of nitrogens with zero attached hydrogens (tertiary/aromatic N) is 2. The smallest absolute Gasteiger partial charge is 0.216 e. The van der Waals surface area contributed by atoms with Crippen molar-refractivity contribution in [1.29, 1.82) is 5.26 Å². The van der Waals surface area contributed by atoms with E-state index in [0.29, 0.717) is 29.7 Å². The van der Waals surface area contributed by atoms with Gasteiger partial charge in [-0.3, -0.25) is 5.10 Å². The third kappa shape index (κ3) is 4.10. The van der Waals surface area contributed by atoms with Crippen LogP contribution in [0.1, 0.15) is 63.6 Å². The first-order chi connectivity index (χ1) is 13.1. The summed E-state index contributed by atoms with van der Waals surface area (Å²) in [7, 11) is -3.38. The maximum atomic E-state index is 13.2. The summed E-state index contributed by atoms with van der Waals surface area (Å²) >= 11 is 0. The maximum Gasteiger partial charge on any atom is 0.216 e. The van der Waals surface area contributed by atoms with Crippen molar-refractivity contribution in [2.45, 2.75) is 63.2 Å². The Morgan fingerprint density at radius 3 is 2.32 bits per heavy atom. The monoisotopic (exact) mass is 404 g/mol. The van der Waals surface area contributed by atoms with E-state index in [9.17, 15) is 18.1 Å². The summed E-state index contributed by atoms with van der Waals surface area (Å²) < 4.78 is 39.9. The highest BCUT2D eigenvalue weighted by atomic mass is 32.2. The molecule has 1 aliphatic carbocycles. The molecule has 1 heterocycles. The average Bonchev–Trinajstić information content (AvgIpc) is 3.05. The summed E-state index contributed by atoms with van der Waals surface area (Å²) in [6, 6.07) is 8.03. The van der Waals surface area contributed by atoms with E-state index in [1.165, 1.54) is 12.1 Å². The Bertz CT molecular complexity index is 977. The van der Waals surface area contributed by atoms with Gasteiger partial charge in [-0.25, -0.2) is 17.5 Å². The van der Waals surface area contributed by atoms with Crippen LogP contribution in [0.3, 0.4) is 0 Å². The fourth-order valence-corrected chi connectivity index (χ4v) is 4.50. The minimum atomic E-state index is -3.38. The highest BCUT2D eigenvalue weighted by molar-refractivity contribution is 7.90. The van der Waals surface area contributed by atoms with Gasteiger partial charge in [-0.1, -0.05) is 0 Å². The molecular weight excluding hydrogens is 379 g/mol. The molecule has 0 amide bonds. The van der Waals surface area contributed by atoms with E-state index in [1.807, 2.05) is 0 Å². The summed E-state index contributed by atoms with van der Waals surface area (Å²) in [6.07, 6.45) is 2.93. The van der Waals surface area contributed by atoms with Crippen LogP contribution in [-0.4, -0.2) is 29.4 Å². The van der Waals surface area contributed by atoms with Crippen molar-refractivity contribution in [3.8, 4) is 17.3 Å². The van der Waals surface area contributed by atoms with E-state index in [-0.39, 0.29) is 17.8 Å². The number of H-pyrrole nitrogens is 1. The first kappa shape index (κ1) is 20.5. The SMILES string of the molecule is CC(C)(C)S(=O)(=O)NC1CCC(c2[nH]nc(-c3ccc(F)cc3)c2C#N)CC1. The van der Waals surface area contributed by atoms with Crippen molar-refractivity contribution in [3.63, 3.8) is 0 Å². The van der Waals surface area contributed by atoms with Gasteiger partial charge in [-0.2, -0.15) is 10.4 Å². The van der Waals surface area contributed by atoms with Gasteiger partial charge in [0, 0.05) is 17.5 Å². The number of nitrogens with one attached hydrogen (secondary N) is 2. The standard InChI is InChI=1S/C20H25FN4O2S/c1-20(2,3)28(26,27)25-16-10-6-14(7-11-16)19-17(12-22)18(23-24-19)13-4-8-15(21)9-5-13/h4-5,8-9,14,16,25H,6-7,10-11H2,1-3H3,(H,23,24). The lowest BCUT2D eigenvalue weighted by Gasteiger charge is -2.31. The molecule has 1 saturated carbocycles. The number of halogens is 1. The molecule has 1 aromatic carbocycles. The zero-order valence-corrected chi connectivity index (χ0v) is 17.1. The molecule has 0 spiro atoms. The van der Waals surface area contributed by atoms with Gasteiger partial charge in [0.15, 0.2) is 0 Å². The lowest BCUT2D eigenvalue weighted by molar-refractivity contribution is 0.366. The molecule has 2 N–H and O–H groups in total. The number of hydrogen-bond donors (Lipinski definition) is 2. The molecule has 0 bridgehead atoms. The molecule has 8 heteroatoms. The van der Waals surface area contributed by atoms with Gasteiger partial charge in [-0.15, -0.1) is 0 Å². The van der Waals surface area contributed by atoms with E-state index in [0.717, 1.165) is 18.5 Å². The van der Waals surface area contributed by atoms with Crippen LogP contribution in [0.4, 0.5) is 4.39 Å². The van der Waals surface area contributed by atoms with Crippen molar-refractivity contribution in [2.24, 2.45) is 0 Å². The van der Waals surface area contributed by atoms with Crippen LogP contribution in [0.15, 0.2) is 24.3 Å². The van der Waals surface area contributed by atoms with Gasteiger partial charge in [0.2, 0.25) is 10.0 Å². The Morgan fingerprint density at radius 2 is 1.79 bits per heavy atom. The van der Waals surface area contributed by atoms with Crippen molar-refractivity contribution >= 4 is 10.0 Å². The molecule has 0 saturated heterocycles. The van der Waals surface area contributed by atoms with Crippen molar-refractivity contribution in [1.82, 2.24) is 14.9 Å². The van der Waals surface area contributed by atoms with Crippen LogP contribution in [0.25, 0.3) is 11.3 Å².